The number of alkyl halides is 1. The Hall–Kier alpha value is -1.83. The fourth-order valence-electron chi connectivity index (χ4n) is 2.32. The Labute approximate surface area is 191 Å². The third-order valence-corrected chi connectivity index (χ3v) is 4.94. The van der Waals surface area contributed by atoms with E-state index in [2.05, 4.69) is 6.58 Å². The first kappa shape index (κ1) is 24.4. The molecule has 0 aliphatic carbocycles. The molecule has 0 saturated heterocycles. The van der Waals surface area contributed by atoms with Crippen molar-refractivity contribution in [2.24, 2.45) is 0 Å². The number of benzene rings is 2. The summed E-state index contributed by atoms with van der Waals surface area (Å²) < 4.78 is 24.3. The van der Waals surface area contributed by atoms with E-state index in [1.54, 1.807) is 0 Å². The Morgan fingerprint density at radius 2 is 1.50 bits per heavy atom. The van der Waals surface area contributed by atoms with Crippen LogP contribution < -0.4 is 0 Å². The van der Waals surface area contributed by atoms with Crippen LogP contribution in [0.15, 0.2) is 49.1 Å². The predicted molar refractivity (Wildman–Crippen MR) is 114 cm³/mol. The Morgan fingerprint density at radius 1 is 1.00 bits per heavy atom. The maximum absolute atomic E-state index is 14.3. The van der Waals surface area contributed by atoms with Crippen molar-refractivity contribution in [1.82, 2.24) is 0 Å². The zero-order chi connectivity index (χ0) is 22.4. The molecule has 0 aliphatic heterocycles. The smallest absolute Gasteiger partial charge is 0.340 e. The van der Waals surface area contributed by atoms with Crippen molar-refractivity contribution in [2.75, 3.05) is 6.61 Å². The molecule has 0 heterocycles. The standard InChI is InChI=1S/C20H15Cl4FO5/c1-2-16(25)18(30-20(28)13-6-4-11(22)8-15(13)24)17(26)9-29-19(27)12-5-3-10(21)7-14(12)23/h2-8,16-18,26H,1,9H2/t16-,17-,18+/m1/s1. The first-order chi connectivity index (χ1) is 14.1. The van der Waals surface area contributed by atoms with Crippen LogP contribution in [0.4, 0.5) is 4.39 Å². The lowest BCUT2D eigenvalue weighted by molar-refractivity contribution is -0.0628. The van der Waals surface area contributed by atoms with E-state index in [0.29, 0.717) is 5.02 Å². The number of halogens is 5. The van der Waals surface area contributed by atoms with Gasteiger partial charge in [0.25, 0.3) is 0 Å². The summed E-state index contributed by atoms with van der Waals surface area (Å²) in [7, 11) is 0. The van der Waals surface area contributed by atoms with Crippen molar-refractivity contribution in [3.8, 4) is 0 Å². The molecule has 2 aromatic carbocycles. The van der Waals surface area contributed by atoms with Crippen LogP contribution in [0.2, 0.25) is 20.1 Å². The van der Waals surface area contributed by atoms with Crippen molar-refractivity contribution in [3.63, 3.8) is 0 Å². The van der Waals surface area contributed by atoms with Gasteiger partial charge in [-0.05, 0) is 36.4 Å². The molecule has 30 heavy (non-hydrogen) atoms. The molecule has 0 bridgehead atoms. The molecule has 160 valence electrons. The summed E-state index contributed by atoms with van der Waals surface area (Å²) >= 11 is 23.4. The summed E-state index contributed by atoms with van der Waals surface area (Å²) in [5.74, 6) is -1.88. The van der Waals surface area contributed by atoms with Gasteiger partial charge in [-0.3, -0.25) is 0 Å². The minimum Gasteiger partial charge on any atom is -0.459 e. The number of hydrogen-bond donors (Lipinski definition) is 1. The molecule has 0 fully saturated rings. The predicted octanol–water partition coefficient (Wildman–Crippen LogP) is 5.57. The van der Waals surface area contributed by atoms with Crippen LogP contribution in [-0.2, 0) is 9.47 Å². The maximum Gasteiger partial charge on any atom is 0.340 e. The van der Waals surface area contributed by atoms with Gasteiger partial charge in [-0.15, -0.1) is 6.58 Å². The van der Waals surface area contributed by atoms with Crippen molar-refractivity contribution in [1.29, 1.82) is 0 Å². The highest BCUT2D eigenvalue weighted by Crippen LogP contribution is 2.24. The van der Waals surface area contributed by atoms with E-state index in [9.17, 15) is 19.1 Å². The van der Waals surface area contributed by atoms with E-state index in [1.807, 2.05) is 0 Å². The molecule has 0 saturated carbocycles. The molecule has 0 aliphatic rings. The highest BCUT2D eigenvalue weighted by atomic mass is 35.5. The number of aliphatic hydroxyl groups excluding tert-OH is 1. The molecule has 1 N–H and O–H groups in total. The van der Waals surface area contributed by atoms with Gasteiger partial charge >= 0.3 is 11.9 Å². The Balaban J connectivity index is 2.09. The van der Waals surface area contributed by atoms with E-state index in [4.69, 9.17) is 55.9 Å². The third kappa shape index (κ3) is 6.33. The van der Waals surface area contributed by atoms with E-state index < -0.39 is 36.9 Å². The van der Waals surface area contributed by atoms with Crippen LogP contribution in [0.3, 0.4) is 0 Å². The van der Waals surface area contributed by atoms with Gasteiger partial charge in [0.1, 0.15) is 12.7 Å². The largest absolute Gasteiger partial charge is 0.459 e. The minimum atomic E-state index is -1.95. The molecule has 3 atom stereocenters. The van der Waals surface area contributed by atoms with Crippen molar-refractivity contribution in [3.05, 3.63) is 80.3 Å². The lowest BCUT2D eigenvalue weighted by Crippen LogP contribution is -2.41. The topological polar surface area (TPSA) is 72.8 Å². The molecule has 0 spiro atoms. The van der Waals surface area contributed by atoms with Crippen LogP contribution in [0, 0.1) is 0 Å². The molecule has 2 rings (SSSR count). The fraction of sp³-hybridized carbons (Fsp3) is 0.200. The molecule has 2 aromatic rings. The van der Waals surface area contributed by atoms with Gasteiger partial charge in [0.15, 0.2) is 12.3 Å². The Morgan fingerprint density at radius 3 is 1.97 bits per heavy atom. The van der Waals surface area contributed by atoms with E-state index in [0.717, 1.165) is 6.08 Å². The van der Waals surface area contributed by atoms with Crippen molar-refractivity contribution in [2.45, 2.75) is 18.4 Å². The number of esters is 2. The second-order valence-electron chi connectivity index (χ2n) is 5.96. The van der Waals surface area contributed by atoms with Gasteiger partial charge in [-0.25, -0.2) is 14.0 Å². The average molecular weight is 496 g/mol. The second-order valence-corrected chi connectivity index (χ2v) is 7.65. The van der Waals surface area contributed by atoms with E-state index >= 15 is 0 Å². The van der Waals surface area contributed by atoms with Crippen LogP contribution in [0.25, 0.3) is 0 Å². The summed E-state index contributed by atoms with van der Waals surface area (Å²) in [6, 6.07) is 8.10. The summed E-state index contributed by atoms with van der Waals surface area (Å²) in [6.45, 7) is 2.59. The molecule has 10 heteroatoms. The SMILES string of the molecule is C=C[C@@H](F)[C@H](OC(=O)c1ccc(Cl)cc1Cl)[C@H](O)COC(=O)c1ccc(Cl)cc1Cl. The number of carbonyl (C=O) groups excluding carboxylic acids is 2. The van der Waals surface area contributed by atoms with Gasteiger partial charge in [-0.2, -0.15) is 0 Å². The number of carbonyl (C=O) groups is 2. The van der Waals surface area contributed by atoms with E-state index in [1.165, 1.54) is 36.4 Å². The van der Waals surface area contributed by atoms with Gasteiger partial charge in [0, 0.05) is 10.0 Å². The van der Waals surface area contributed by atoms with Crippen molar-refractivity contribution < 1.29 is 28.6 Å². The lowest BCUT2D eigenvalue weighted by Gasteiger charge is -2.24. The fourth-order valence-corrected chi connectivity index (χ4v) is 3.29. The summed E-state index contributed by atoms with van der Waals surface area (Å²) in [5, 5.41) is 10.9. The van der Waals surface area contributed by atoms with E-state index in [-0.39, 0.29) is 26.2 Å². The third-order valence-electron chi connectivity index (χ3n) is 3.85. The van der Waals surface area contributed by atoms with Gasteiger partial charge in [0.2, 0.25) is 0 Å². The zero-order valence-electron chi connectivity index (χ0n) is 15.2. The average Bonchev–Trinajstić information content (AvgIpc) is 2.69. The molecule has 0 amide bonds. The normalized spacial score (nSPS) is 13.8. The number of hydrogen-bond acceptors (Lipinski definition) is 5. The quantitative estimate of drug-likeness (QED) is 0.383. The monoisotopic (exact) mass is 494 g/mol. The molecular weight excluding hydrogens is 481 g/mol. The first-order valence-corrected chi connectivity index (χ1v) is 9.88. The van der Waals surface area contributed by atoms with Crippen LogP contribution in [0.5, 0.6) is 0 Å². The van der Waals surface area contributed by atoms with Crippen LogP contribution in [0.1, 0.15) is 20.7 Å². The number of ether oxygens (including phenoxy) is 2. The second kappa shape index (κ2) is 11.0. The first-order valence-electron chi connectivity index (χ1n) is 8.37. The number of aliphatic hydroxyl groups is 1. The molecule has 0 aromatic heterocycles. The zero-order valence-corrected chi connectivity index (χ0v) is 18.2. The summed E-state index contributed by atoms with van der Waals surface area (Å²) in [5.41, 5.74) is -0.0882. The Kier molecular flexibility index (Phi) is 8.94. The molecule has 5 nitrogen and oxygen atoms in total. The summed E-state index contributed by atoms with van der Waals surface area (Å²) in [4.78, 5) is 24.5. The molecular formula is C20H15Cl4FO5. The number of rotatable bonds is 8. The van der Waals surface area contributed by atoms with Gasteiger partial charge in [-0.1, -0.05) is 52.5 Å². The summed E-state index contributed by atoms with van der Waals surface area (Å²) in [6.07, 6.45) is -4.53. The molecule has 0 unspecified atom stereocenters. The molecule has 0 radical (unpaired) electrons. The lowest BCUT2D eigenvalue weighted by atomic mass is 10.1. The highest BCUT2D eigenvalue weighted by Gasteiger charge is 2.32. The van der Waals surface area contributed by atoms with Crippen LogP contribution in [-0.4, -0.2) is 42.0 Å². The van der Waals surface area contributed by atoms with Gasteiger partial charge < -0.3 is 14.6 Å². The minimum absolute atomic E-state index is 0.00437. The van der Waals surface area contributed by atoms with Crippen molar-refractivity contribution >= 4 is 58.3 Å². The Bertz CT molecular complexity index is 953. The van der Waals surface area contributed by atoms with Crippen LogP contribution >= 0.6 is 46.4 Å². The maximum atomic E-state index is 14.3. The van der Waals surface area contributed by atoms with Gasteiger partial charge in [0.05, 0.1) is 21.2 Å². The highest BCUT2D eigenvalue weighted by molar-refractivity contribution is 6.37.